The van der Waals surface area contributed by atoms with Gasteiger partial charge < -0.3 is 5.73 Å². The molecule has 0 spiro atoms. The van der Waals surface area contributed by atoms with Crippen LogP contribution in [0.25, 0.3) is 0 Å². The predicted molar refractivity (Wildman–Crippen MR) is 43.9 cm³/mol. The summed E-state index contributed by atoms with van der Waals surface area (Å²) in [6.45, 7) is 0. The normalized spacial score (nSPS) is 9.67. The Morgan fingerprint density at radius 1 is 1.75 bits per heavy atom. The third kappa shape index (κ3) is 2.03. The van der Waals surface area contributed by atoms with Gasteiger partial charge in [-0.05, 0) is 0 Å². The van der Waals surface area contributed by atoms with Gasteiger partial charge in [-0.1, -0.05) is 0 Å². The highest BCUT2D eigenvalue weighted by atomic mass is 32.1. The average Bonchev–Trinajstić information content (AvgIpc) is 2.34. The molecule has 6 heteroatoms. The molecule has 1 rings (SSSR count). The number of thiophene rings is 1. The molecule has 0 aliphatic rings. The van der Waals surface area contributed by atoms with Crippen molar-refractivity contribution in [2.24, 2.45) is 5.73 Å². The second-order valence-corrected chi connectivity index (χ2v) is 3.17. The van der Waals surface area contributed by atoms with Crippen molar-refractivity contribution in [3.05, 3.63) is 26.4 Å². The summed E-state index contributed by atoms with van der Waals surface area (Å²) in [5.74, 6) is -0.480. The van der Waals surface area contributed by atoms with Crippen LogP contribution in [0.1, 0.15) is 4.88 Å². The van der Waals surface area contributed by atoms with E-state index in [9.17, 15) is 14.9 Å². The van der Waals surface area contributed by atoms with Gasteiger partial charge in [-0.15, -0.1) is 11.3 Å². The molecule has 0 atom stereocenters. The maximum Gasteiger partial charge on any atom is 0.280 e. The van der Waals surface area contributed by atoms with Crippen LogP contribution in [0.2, 0.25) is 0 Å². The lowest BCUT2D eigenvalue weighted by Crippen LogP contribution is -2.12. The summed E-state index contributed by atoms with van der Waals surface area (Å²) in [6, 6.07) is 1.36. The maximum absolute atomic E-state index is 10.4. The van der Waals surface area contributed by atoms with E-state index in [0.29, 0.717) is 4.88 Å². The molecule has 1 aromatic rings. The van der Waals surface area contributed by atoms with Crippen LogP contribution in [-0.4, -0.2) is 10.8 Å². The molecule has 12 heavy (non-hydrogen) atoms. The Kier molecular flexibility index (Phi) is 2.39. The number of nitrogens with two attached hydrogens (primary N) is 1. The van der Waals surface area contributed by atoms with Gasteiger partial charge >= 0.3 is 0 Å². The lowest BCUT2D eigenvalue weighted by molar-refractivity contribution is -0.384. The molecule has 0 unspecified atom stereocenters. The smallest absolute Gasteiger partial charge is 0.280 e. The molecule has 0 aliphatic heterocycles. The molecular weight excluding hydrogens is 180 g/mol. The minimum absolute atomic E-state index is 0.0104. The summed E-state index contributed by atoms with van der Waals surface area (Å²) in [5.41, 5.74) is 4.92. The number of hydrogen-bond donors (Lipinski definition) is 1. The first-order valence-corrected chi connectivity index (χ1v) is 3.97. The second kappa shape index (κ2) is 3.31. The van der Waals surface area contributed by atoms with E-state index in [1.54, 1.807) is 0 Å². The fourth-order valence-electron chi connectivity index (χ4n) is 0.729. The standard InChI is InChI=1S/C6H6N2O3S/c7-6(9)2-5-1-4(3-12-5)8(10)11/h1,3H,2H2,(H2,7,9). The molecule has 0 fully saturated rings. The number of rotatable bonds is 3. The van der Waals surface area contributed by atoms with Crippen LogP contribution in [0, 0.1) is 10.1 Å². The zero-order chi connectivity index (χ0) is 9.14. The van der Waals surface area contributed by atoms with E-state index >= 15 is 0 Å². The Labute approximate surface area is 72.0 Å². The van der Waals surface area contributed by atoms with E-state index in [0.717, 1.165) is 11.3 Å². The molecule has 0 aromatic carbocycles. The van der Waals surface area contributed by atoms with Crippen LogP contribution in [0.3, 0.4) is 0 Å². The zero-order valence-corrected chi connectivity index (χ0v) is 6.84. The first-order valence-electron chi connectivity index (χ1n) is 3.09. The summed E-state index contributed by atoms with van der Waals surface area (Å²) in [7, 11) is 0. The molecule has 1 heterocycles. The fraction of sp³-hybridized carbons (Fsp3) is 0.167. The first kappa shape index (κ1) is 8.66. The second-order valence-electron chi connectivity index (χ2n) is 2.17. The molecule has 64 valence electrons. The number of nitro groups is 1. The Hall–Kier alpha value is -1.43. The SMILES string of the molecule is NC(=O)Cc1cc([N+](=O)[O-])cs1. The van der Waals surface area contributed by atoms with Crippen LogP contribution >= 0.6 is 11.3 Å². The molecule has 0 bridgehead atoms. The summed E-state index contributed by atoms with van der Waals surface area (Å²) < 4.78 is 0. The molecule has 0 saturated heterocycles. The highest BCUT2D eigenvalue weighted by molar-refractivity contribution is 7.10. The van der Waals surface area contributed by atoms with Crippen LogP contribution in [0.5, 0.6) is 0 Å². The topological polar surface area (TPSA) is 86.2 Å². The number of carbonyl (C=O) groups is 1. The van der Waals surface area contributed by atoms with Gasteiger partial charge in [0.05, 0.1) is 16.7 Å². The maximum atomic E-state index is 10.4. The Bertz CT molecular complexity index is 320. The highest BCUT2D eigenvalue weighted by Gasteiger charge is 2.10. The molecule has 0 radical (unpaired) electrons. The third-order valence-corrected chi connectivity index (χ3v) is 2.12. The molecule has 1 amide bonds. The Balaban J connectivity index is 2.77. The van der Waals surface area contributed by atoms with Crippen LogP contribution in [0.4, 0.5) is 5.69 Å². The van der Waals surface area contributed by atoms with Crippen molar-refractivity contribution in [1.82, 2.24) is 0 Å². The highest BCUT2D eigenvalue weighted by Crippen LogP contribution is 2.21. The van der Waals surface area contributed by atoms with E-state index < -0.39 is 10.8 Å². The summed E-state index contributed by atoms with van der Waals surface area (Å²) in [5, 5.41) is 11.6. The summed E-state index contributed by atoms with van der Waals surface area (Å²) in [4.78, 5) is 20.7. The lowest BCUT2D eigenvalue weighted by Gasteiger charge is -1.86. The van der Waals surface area contributed by atoms with E-state index in [1.165, 1.54) is 11.4 Å². The van der Waals surface area contributed by atoms with Crippen molar-refractivity contribution in [3.63, 3.8) is 0 Å². The minimum atomic E-state index is -0.499. The van der Waals surface area contributed by atoms with Gasteiger partial charge in [-0.3, -0.25) is 14.9 Å². The molecule has 1 aromatic heterocycles. The zero-order valence-electron chi connectivity index (χ0n) is 6.02. The lowest BCUT2D eigenvalue weighted by atomic mass is 10.3. The quantitative estimate of drug-likeness (QED) is 0.556. The average molecular weight is 186 g/mol. The Morgan fingerprint density at radius 3 is 2.83 bits per heavy atom. The van der Waals surface area contributed by atoms with E-state index in [-0.39, 0.29) is 12.1 Å². The van der Waals surface area contributed by atoms with Crippen molar-refractivity contribution >= 4 is 22.9 Å². The van der Waals surface area contributed by atoms with Crippen molar-refractivity contribution in [2.45, 2.75) is 6.42 Å². The van der Waals surface area contributed by atoms with Gasteiger partial charge in [0, 0.05) is 10.9 Å². The van der Waals surface area contributed by atoms with Crippen molar-refractivity contribution in [1.29, 1.82) is 0 Å². The van der Waals surface area contributed by atoms with Crippen molar-refractivity contribution < 1.29 is 9.72 Å². The van der Waals surface area contributed by atoms with Gasteiger partial charge in [-0.2, -0.15) is 0 Å². The number of hydrogen-bond acceptors (Lipinski definition) is 4. The number of amides is 1. The molecule has 5 nitrogen and oxygen atoms in total. The molecule has 0 saturated carbocycles. The van der Waals surface area contributed by atoms with E-state index in [1.807, 2.05) is 0 Å². The van der Waals surface area contributed by atoms with Crippen LogP contribution in [0.15, 0.2) is 11.4 Å². The Morgan fingerprint density at radius 2 is 2.42 bits per heavy atom. The third-order valence-electron chi connectivity index (χ3n) is 1.20. The van der Waals surface area contributed by atoms with Crippen LogP contribution < -0.4 is 5.73 Å². The largest absolute Gasteiger partial charge is 0.369 e. The van der Waals surface area contributed by atoms with Gasteiger partial charge in [0.25, 0.3) is 5.69 Å². The number of carbonyl (C=O) groups excluding carboxylic acids is 1. The van der Waals surface area contributed by atoms with E-state index in [2.05, 4.69) is 0 Å². The monoisotopic (exact) mass is 186 g/mol. The minimum Gasteiger partial charge on any atom is -0.369 e. The molecule has 2 N–H and O–H groups in total. The van der Waals surface area contributed by atoms with Gasteiger partial charge in [-0.25, -0.2) is 0 Å². The molecule has 0 aliphatic carbocycles. The van der Waals surface area contributed by atoms with Gasteiger partial charge in [0.2, 0.25) is 5.91 Å². The first-order chi connectivity index (χ1) is 5.59. The summed E-state index contributed by atoms with van der Waals surface area (Å²) in [6.07, 6.45) is 0.0680. The van der Waals surface area contributed by atoms with Crippen molar-refractivity contribution in [2.75, 3.05) is 0 Å². The van der Waals surface area contributed by atoms with Gasteiger partial charge in [0.15, 0.2) is 0 Å². The predicted octanol–water partition coefficient (Wildman–Crippen LogP) is 0.684. The van der Waals surface area contributed by atoms with Crippen LogP contribution in [-0.2, 0) is 11.2 Å². The number of primary amides is 1. The summed E-state index contributed by atoms with van der Waals surface area (Å²) >= 11 is 1.16. The van der Waals surface area contributed by atoms with Gasteiger partial charge in [0.1, 0.15) is 0 Å². The fourth-order valence-corrected chi connectivity index (χ4v) is 1.57. The van der Waals surface area contributed by atoms with E-state index in [4.69, 9.17) is 5.73 Å². The number of nitrogens with zero attached hydrogens (tertiary/aromatic N) is 1. The van der Waals surface area contributed by atoms with Crippen molar-refractivity contribution in [3.8, 4) is 0 Å². The molecular formula is C6H6N2O3S.